The predicted octanol–water partition coefficient (Wildman–Crippen LogP) is 2.02. The van der Waals surface area contributed by atoms with Crippen molar-refractivity contribution in [2.75, 3.05) is 33.9 Å². The molecule has 2 rings (SSSR count). The monoisotopic (exact) mass is 384 g/mol. The maximum Gasteiger partial charge on any atom is 0.255 e. The second kappa shape index (κ2) is 9.34. The molecule has 0 aromatic heterocycles. The first-order valence-corrected chi connectivity index (χ1v) is 10.3. The smallest absolute Gasteiger partial charge is 0.255 e. The van der Waals surface area contributed by atoms with Crippen LogP contribution in [0.1, 0.15) is 43.0 Å². The van der Waals surface area contributed by atoms with Crippen LogP contribution in [0.15, 0.2) is 23.1 Å². The summed E-state index contributed by atoms with van der Waals surface area (Å²) < 4.78 is 37.7. The molecule has 1 atom stereocenters. The number of carbonyl (C=O) groups excluding carboxylic acids is 1. The van der Waals surface area contributed by atoms with Crippen LogP contribution in [0.25, 0.3) is 0 Å². The molecule has 0 radical (unpaired) electrons. The van der Waals surface area contributed by atoms with E-state index in [0.29, 0.717) is 25.4 Å². The van der Waals surface area contributed by atoms with Gasteiger partial charge in [-0.2, -0.15) is 4.31 Å². The zero-order valence-corrected chi connectivity index (χ0v) is 16.5. The van der Waals surface area contributed by atoms with Gasteiger partial charge in [0.25, 0.3) is 5.91 Å². The highest BCUT2D eigenvalue weighted by atomic mass is 32.2. The van der Waals surface area contributed by atoms with Gasteiger partial charge < -0.3 is 14.8 Å². The minimum Gasteiger partial charge on any atom is -0.496 e. The number of benzene rings is 1. The molecule has 1 aliphatic heterocycles. The largest absolute Gasteiger partial charge is 0.496 e. The van der Waals surface area contributed by atoms with Gasteiger partial charge in [0, 0.05) is 26.2 Å². The molecule has 1 heterocycles. The zero-order valence-electron chi connectivity index (χ0n) is 15.7. The number of nitrogens with one attached hydrogen (secondary N) is 1. The maximum absolute atomic E-state index is 13.0. The first-order valence-electron chi connectivity index (χ1n) is 8.88. The van der Waals surface area contributed by atoms with Gasteiger partial charge in [0.1, 0.15) is 5.75 Å². The summed E-state index contributed by atoms with van der Waals surface area (Å²) in [6.07, 6.45) is 3.80. The summed E-state index contributed by atoms with van der Waals surface area (Å²) in [7, 11) is -0.627. The van der Waals surface area contributed by atoms with Crippen molar-refractivity contribution < 1.29 is 22.7 Å². The highest BCUT2D eigenvalue weighted by molar-refractivity contribution is 7.89. The number of nitrogens with zero attached hydrogens (tertiary/aromatic N) is 1. The fraction of sp³-hybridized carbons (Fsp3) is 0.611. The highest BCUT2D eigenvalue weighted by Gasteiger charge is 2.27. The van der Waals surface area contributed by atoms with Crippen LogP contribution in [-0.2, 0) is 14.8 Å². The summed E-state index contributed by atoms with van der Waals surface area (Å²) in [5.74, 6) is -0.0544. The number of sulfonamides is 1. The molecule has 1 saturated heterocycles. The Morgan fingerprint density at radius 1 is 1.19 bits per heavy atom. The van der Waals surface area contributed by atoms with E-state index in [2.05, 4.69) is 5.32 Å². The first kappa shape index (κ1) is 20.7. The Labute approximate surface area is 155 Å². The van der Waals surface area contributed by atoms with Gasteiger partial charge in [-0.05, 0) is 38.0 Å². The highest BCUT2D eigenvalue weighted by Crippen LogP contribution is 2.26. The Bertz CT molecular complexity index is 712. The third kappa shape index (κ3) is 4.96. The molecule has 1 N–H and O–H groups in total. The number of rotatable bonds is 7. The summed E-state index contributed by atoms with van der Waals surface area (Å²) in [5.41, 5.74) is 0.200. The molecule has 1 aromatic rings. The minimum absolute atomic E-state index is 0.116. The summed E-state index contributed by atoms with van der Waals surface area (Å²) in [5, 5.41) is 2.79. The fourth-order valence-corrected chi connectivity index (χ4v) is 4.59. The Morgan fingerprint density at radius 2 is 1.85 bits per heavy atom. The normalized spacial score (nSPS) is 17.3. The fourth-order valence-electron chi connectivity index (χ4n) is 3.05. The lowest BCUT2D eigenvalue weighted by Gasteiger charge is -2.21. The molecular formula is C18H28N2O5S. The van der Waals surface area contributed by atoms with E-state index in [1.807, 2.05) is 6.92 Å². The molecule has 0 aliphatic carbocycles. The van der Waals surface area contributed by atoms with Crippen LogP contribution in [0.2, 0.25) is 0 Å². The number of amides is 1. The van der Waals surface area contributed by atoms with E-state index in [-0.39, 0.29) is 22.4 Å². The lowest BCUT2D eigenvalue weighted by Crippen LogP contribution is -2.36. The third-order valence-corrected chi connectivity index (χ3v) is 6.31. The van der Waals surface area contributed by atoms with Crippen LogP contribution < -0.4 is 10.1 Å². The van der Waals surface area contributed by atoms with Gasteiger partial charge in [0.2, 0.25) is 10.0 Å². The van der Waals surface area contributed by atoms with Crippen LogP contribution >= 0.6 is 0 Å². The van der Waals surface area contributed by atoms with E-state index in [0.717, 1.165) is 25.7 Å². The molecule has 1 aliphatic rings. The van der Waals surface area contributed by atoms with Crippen molar-refractivity contribution >= 4 is 15.9 Å². The van der Waals surface area contributed by atoms with E-state index < -0.39 is 10.0 Å². The Kier molecular flexibility index (Phi) is 7.43. The lowest BCUT2D eigenvalue weighted by atomic mass is 10.1. The van der Waals surface area contributed by atoms with Crippen LogP contribution in [-0.4, -0.2) is 58.6 Å². The van der Waals surface area contributed by atoms with Gasteiger partial charge >= 0.3 is 0 Å². The predicted molar refractivity (Wildman–Crippen MR) is 99.0 cm³/mol. The summed E-state index contributed by atoms with van der Waals surface area (Å²) in [6, 6.07) is 4.21. The van der Waals surface area contributed by atoms with E-state index in [4.69, 9.17) is 9.47 Å². The quantitative estimate of drug-likeness (QED) is 0.777. The van der Waals surface area contributed by atoms with Crippen molar-refractivity contribution in [3.8, 4) is 5.75 Å². The summed E-state index contributed by atoms with van der Waals surface area (Å²) in [6.45, 7) is 3.20. The van der Waals surface area contributed by atoms with Crippen molar-refractivity contribution in [3.63, 3.8) is 0 Å². The van der Waals surface area contributed by atoms with Gasteiger partial charge in [0.15, 0.2) is 0 Å². The van der Waals surface area contributed by atoms with Gasteiger partial charge in [-0.1, -0.05) is 12.8 Å². The Hall–Kier alpha value is -1.64. The standard InChI is InChI=1S/C18H28N2O5S/c1-14(13-24-2)19-18(21)16-12-15(8-9-17(16)25-3)26(22,23)20-10-6-4-5-7-11-20/h8-9,12,14H,4-7,10-11,13H2,1-3H3,(H,19,21). The van der Waals surface area contributed by atoms with Crippen LogP contribution in [0.3, 0.4) is 0 Å². The van der Waals surface area contributed by atoms with Crippen molar-refractivity contribution in [2.24, 2.45) is 0 Å². The topological polar surface area (TPSA) is 84.9 Å². The number of methoxy groups -OCH3 is 2. The molecule has 0 bridgehead atoms. The van der Waals surface area contributed by atoms with Gasteiger partial charge in [0.05, 0.1) is 24.2 Å². The van der Waals surface area contributed by atoms with Gasteiger partial charge in [-0.3, -0.25) is 4.79 Å². The Balaban J connectivity index is 2.31. The van der Waals surface area contributed by atoms with Crippen molar-refractivity contribution in [3.05, 3.63) is 23.8 Å². The first-order chi connectivity index (χ1) is 12.4. The summed E-state index contributed by atoms with van der Waals surface area (Å²) in [4.78, 5) is 12.7. The minimum atomic E-state index is -3.63. The summed E-state index contributed by atoms with van der Waals surface area (Å²) >= 11 is 0. The average molecular weight is 384 g/mol. The van der Waals surface area contributed by atoms with E-state index >= 15 is 0 Å². The molecule has 1 aromatic carbocycles. The molecule has 1 fully saturated rings. The van der Waals surface area contributed by atoms with E-state index in [1.165, 1.54) is 29.6 Å². The van der Waals surface area contributed by atoms with Gasteiger partial charge in [-0.25, -0.2) is 8.42 Å². The van der Waals surface area contributed by atoms with Crippen molar-refractivity contribution in [1.29, 1.82) is 0 Å². The van der Waals surface area contributed by atoms with E-state index in [9.17, 15) is 13.2 Å². The maximum atomic E-state index is 13.0. The molecule has 0 spiro atoms. The molecule has 146 valence electrons. The third-order valence-electron chi connectivity index (χ3n) is 4.41. The average Bonchev–Trinajstić information content (AvgIpc) is 2.91. The number of hydrogen-bond donors (Lipinski definition) is 1. The van der Waals surface area contributed by atoms with Crippen LogP contribution in [0, 0.1) is 0 Å². The molecular weight excluding hydrogens is 356 g/mol. The van der Waals surface area contributed by atoms with Crippen molar-refractivity contribution in [1.82, 2.24) is 9.62 Å². The molecule has 8 heteroatoms. The van der Waals surface area contributed by atoms with Crippen LogP contribution in [0.5, 0.6) is 5.75 Å². The number of ether oxygens (including phenoxy) is 2. The lowest BCUT2D eigenvalue weighted by molar-refractivity contribution is 0.0902. The number of hydrogen-bond acceptors (Lipinski definition) is 5. The molecule has 1 unspecified atom stereocenters. The Morgan fingerprint density at radius 3 is 2.42 bits per heavy atom. The second-order valence-corrected chi connectivity index (χ2v) is 8.45. The molecule has 1 amide bonds. The van der Waals surface area contributed by atoms with Crippen LogP contribution in [0.4, 0.5) is 0 Å². The molecule has 26 heavy (non-hydrogen) atoms. The van der Waals surface area contributed by atoms with Crippen molar-refractivity contribution in [2.45, 2.75) is 43.5 Å². The van der Waals surface area contributed by atoms with Gasteiger partial charge in [-0.15, -0.1) is 0 Å². The second-order valence-electron chi connectivity index (χ2n) is 6.51. The number of carbonyl (C=O) groups is 1. The molecule has 7 nitrogen and oxygen atoms in total. The SMILES string of the molecule is COCC(C)NC(=O)c1cc(S(=O)(=O)N2CCCCCC2)ccc1OC. The molecule has 0 saturated carbocycles. The zero-order chi connectivity index (χ0) is 19.2. The van der Waals surface area contributed by atoms with E-state index in [1.54, 1.807) is 7.11 Å².